The normalized spacial score (nSPS) is 11.9. The number of nitrogens with one attached hydrogen (secondary N) is 1. The number of ether oxygens (including phenoxy) is 1. The van der Waals surface area contributed by atoms with Gasteiger partial charge in [-0.1, -0.05) is 30.3 Å². The Labute approximate surface area is 124 Å². The Bertz CT molecular complexity index is 542. The minimum absolute atomic E-state index is 0.228. The van der Waals surface area contributed by atoms with Gasteiger partial charge >= 0.3 is 0 Å². The van der Waals surface area contributed by atoms with Crippen molar-refractivity contribution in [2.45, 2.75) is 6.10 Å². The zero-order valence-corrected chi connectivity index (χ0v) is 12.1. The molecular weight excluding hydrogens is 274 g/mol. The predicted molar refractivity (Wildman–Crippen MR) is 83.6 cm³/mol. The fourth-order valence-electron chi connectivity index (χ4n) is 1.94. The van der Waals surface area contributed by atoms with Crippen molar-refractivity contribution in [3.63, 3.8) is 0 Å². The summed E-state index contributed by atoms with van der Waals surface area (Å²) in [6.07, 6.45) is -0.537. The zero-order chi connectivity index (χ0) is 14.4. The lowest BCUT2D eigenvalue weighted by molar-refractivity contribution is 0.211. The summed E-state index contributed by atoms with van der Waals surface area (Å²) < 4.78 is 5.36. The van der Waals surface area contributed by atoms with E-state index in [1.165, 1.54) is 0 Å². The number of halogens is 1. The molecule has 0 heterocycles. The first-order valence-electron chi connectivity index (χ1n) is 6.46. The minimum Gasteiger partial charge on any atom is -0.496 e. The first kappa shape index (κ1) is 14.7. The van der Waals surface area contributed by atoms with Crippen LogP contribution in [-0.2, 0) is 0 Å². The van der Waals surface area contributed by atoms with Gasteiger partial charge in [-0.05, 0) is 23.8 Å². The minimum atomic E-state index is -0.537. The zero-order valence-electron chi connectivity index (χ0n) is 11.3. The maximum Gasteiger partial charge on any atom is 0.126 e. The van der Waals surface area contributed by atoms with Crippen LogP contribution in [0.15, 0.2) is 48.5 Å². The molecule has 106 valence electrons. The Kier molecular flexibility index (Phi) is 5.27. The third kappa shape index (κ3) is 3.65. The summed E-state index contributed by atoms with van der Waals surface area (Å²) in [5.41, 5.74) is 3.10. The van der Waals surface area contributed by atoms with Crippen LogP contribution in [0.25, 0.3) is 11.1 Å². The van der Waals surface area contributed by atoms with Crippen LogP contribution >= 0.6 is 11.6 Å². The molecule has 0 fully saturated rings. The van der Waals surface area contributed by atoms with Crippen molar-refractivity contribution in [1.82, 2.24) is 0 Å². The molecule has 3 nitrogen and oxygen atoms in total. The molecule has 2 rings (SSSR count). The van der Waals surface area contributed by atoms with Crippen molar-refractivity contribution >= 4 is 17.3 Å². The Morgan fingerprint density at radius 1 is 1.15 bits per heavy atom. The van der Waals surface area contributed by atoms with E-state index < -0.39 is 6.10 Å². The number of rotatable bonds is 6. The standard InChI is InChI=1S/C16H18ClNO2/c1-20-16-5-3-2-4-15(16)12-6-8-13(9-7-12)18-11-14(19)10-17/h2-9,14,18-19H,10-11H2,1H3. The van der Waals surface area contributed by atoms with Gasteiger partial charge in [-0.2, -0.15) is 0 Å². The molecule has 1 unspecified atom stereocenters. The molecule has 1 atom stereocenters. The number of aliphatic hydroxyl groups excluding tert-OH is 1. The molecule has 0 amide bonds. The molecule has 0 bridgehead atoms. The second-order valence-electron chi connectivity index (χ2n) is 4.47. The van der Waals surface area contributed by atoms with Crippen LogP contribution in [0.2, 0.25) is 0 Å². The van der Waals surface area contributed by atoms with Gasteiger partial charge in [-0.25, -0.2) is 0 Å². The van der Waals surface area contributed by atoms with Crippen molar-refractivity contribution in [3.8, 4) is 16.9 Å². The largest absolute Gasteiger partial charge is 0.496 e. The molecule has 0 aromatic heterocycles. The third-order valence-electron chi connectivity index (χ3n) is 3.02. The lowest BCUT2D eigenvalue weighted by Gasteiger charge is -2.12. The highest BCUT2D eigenvalue weighted by atomic mass is 35.5. The smallest absolute Gasteiger partial charge is 0.126 e. The molecule has 0 radical (unpaired) electrons. The second-order valence-corrected chi connectivity index (χ2v) is 4.78. The summed E-state index contributed by atoms with van der Waals surface area (Å²) in [7, 11) is 1.67. The maximum atomic E-state index is 9.41. The molecule has 0 saturated carbocycles. The first-order chi connectivity index (χ1) is 9.74. The van der Waals surface area contributed by atoms with Crippen LogP contribution in [0.3, 0.4) is 0 Å². The lowest BCUT2D eigenvalue weighted by atomic mass is 10.0. The summed E-state index contributed by atoms with van der Waals surface area (Å²) in [5, 5.41) is 12.5. The Hall–Kier alpha value is -1.71. The van der Waals surface area contributed by atoms with Gasteiger partial charge in [0.05, 0.1) is 19.1 Å². The van der Waals surface area contributed by atoms with Crippen LogP contribution in [-0.4, -0.2) is 30.7 Å². The van der Waals surface area contributed by atoms with Crippen LogP contribution in [0.5, 0.6) is 5.75 Å². The quantitative estimate of drug-likeness (QED) is 0.802. The van der Waals surface area contributed by atoms with Crippen molar-refractivity contribution in [2.24, 2.45) is 0 Å². The van der Waals surface area contributed by atoms with Crippen molar-refractivity contribution in [2.75, 3.05) is 24.9 Å². The molecule has 2 aromatic carbocycles. The molecule has 2 aromatic rings. The molecule has 2 N–H and O–H groups in total. The first-order valence-corrected chi connectivity index (χ1v) is 6.99. The van der Waals surface area contributed by atoms with Gasteiger partial charge in [0.25, 0.3) is 0 Å². The highest BCUT2D eigenvalue weighted by Crippen LogP contribution is 2.30. The molecule has 0 aliphatic carbocycles. The summed E-state index contributed by atoms with van der Waals surface area (Å²) in [6, 6.07) is 15.9. The van der Waals surface area contributed by atoms with Crippen LogP contribution < -0.4 is 10.1 Å². The second kappa shape index (κ2) is 7.17. The van der Waals surface area contributed by atoms with E-state index in [-0.39, 0.29) is 5.88 Å². The molecule has 0 spiro atoms. The van der Waals surface area contributed by atoms with E-state index in [0.29, 0.717) is 6.54 Å². The van der Waals surface area contributed by atoms with E-state index in [0.717, 1.165) is 22.6 Å². The SMILES string of the molecule is COc1ccccc1-c1ccc(NCC(O)CCl)cc1. The monoisotopic (exact) mass is 291 g/mol. The van der Waals surface area contributed by atoms with Crippen molar-refractivity contribution in [3.05, 3.63) is 48.5 Å². The fourth-order valence-corrected chi connectivity index (χ4v) is 2.05. The summed E-state index contributed by atoms with van der Waals surface area (Å²) >= 11 is 5.55. The number of methoxy groups -OCH3 is 1. The molecule has 0 saturated heterocycles. The van der Waals surface area contributed by atoms with E-state index in [9.17, 15) is 5.11 Å². The number of para-hydroxylation sites is 1. The van der Waals surface area contributed by atoms with Gasteiger partial charge in [0.1, 0.15) is 5.75 Å². The highest BCUT2D eigenvalue weighted by Gasteiger charge is 2.05. The van der Waals surface area contributed by atoms with E-state index in [1.807, 2.05) is 48.5 Å². The van der Waals surface area contributed by atoms with Gasteiger partial charge in [0, 0.05) is 17.8 Å². The van der Waals surface area contributed by atoms with Gasteiger partial charge < -0.3 is 15.2 Å². The van der Waals surface area contributed by atoms with Gasteiger partial charge in [-0.15, -0.1) is 11.6 Å². The van der Waals surface area contributed by atoms with Crippen LogP contribution in [0.1, 0.15) is 0 Å². The summed E-state index contributed by atoms with van der Waals surface area (Å²) in [4.78, 5) is 0. The maximum absolute atomic E-state index is 9.41. The Balaban J connectivity index is 2.11. The number of alkyl halides is 1. The fraction of sp³-hybridized carbons (Fsp3) is 0.250. The molecule has 4 heteroatoms. The topological polar surface area (TPSA) is 41.5 Å². The van der Waals surface area contributed by atoms with Crippen molar-refractivity contribution < 1.29 is 9.84 Å². The highest BCUT2D eigenvalue weighted by molar-refractivity contribution is 6.18. The number of anilines is 1. The van der Waals surface area contributed by atoms with E-state index in [1.54, 1.807) is 7.11 Å². The average molecular weight is 292 g/mol. The van der Waals surface area contributed by atoms with E-state index >= 15 is 0 Å². The molecule has 0 aliphatic rings. The van der Waals surface area contributed by atoms with Crippen LogP contribution in [0, 0.1) is 0 Å². The number of hydrogen-bond donors (Lipinski definition) is 2. The van der Waals surface area contributed by atoms with E-state index in [2.05, 4.69) is 5.32 Å². The summed E-state index contributed by atoms with van der Waals surface area (Å²) in [5.74, 6) is 1.08. The Morgan fingerprint density at radius 3 is 2.50 bits per heavy atom. The molecule has 0 aliphatic heterocycles. The van der Waals surface area contributed by atoms with E-state index in [4.69, 9.17) is 16.3 Å². The number of hydrogen-bond acceptors (Lipinski definition) is 3. The Morgan fingerprint density at radius 2 is 1.85 bits per heavy atom. The third-order valence-corrected chi connectivity index (χ3v) is 3.38. The number of aliphatic hydroxyl groups is 1. The van der Waals surface area contributed by atoms with Crippen LogP contribution in [0.4, 0.5) is 5.69 Å². The number of benzene rings is 2. The molecular formula is C16H18ClNO2. The van der Waals surface area contributed by atoms with Gasteiger partial charge in [0.2, 0.25) is 0 Å². The van der Waals surface area contributed by atoms with Gasteiger partial charge in [-0.3, -0.25) is 0 Å². The summed E-state index contributed by atoms with van der Waals surface area (Å²) in [6.45, 7) is 0.442. The molecule has 20 heavy (non-hydrogen) atoms. The lowest BCUT2D eigenvalue weighted by Crippen LogP contribution is -2.20. The predicted octanol–water partition coefficient (Wildman–Crippen LogP) is 3.37. The van der Waals surface area contributed by atoms with Crippen molar-refractivity contribution in [1.29, 1.82) is 0 Å². The average Bonchev–Trinajstić information content (AvgIpc) is 2.53. The van der Waals surface area contributed by atoms with Gasteiger partial charge in [0.15, 0.2) is 0 Å².